The molecule has 0 aromatic carbocycles. The van der Waals surface area contributed by atoms with Crippen LogP contribution in [0.3, 0.4) is 0 Å². The predicted molar refractivity (Wildman–Crippen MR) is 70.6 cm³/mol. The first-order valence-corrected chi connectivity index (χ1v) is 6.84. The highest BCUT2D eigenvalue weighted by Gasteiger charge is 2.37. The second-order valence-electron chi connectivity index (χ2n) is 6.35. The number of carbonyl (C=O) groups excluding carboxylic acids is 1. The average Bonchev–Trinajstić information content (AvgIpc) is 2.28. The minimum Gasteiger partial charge on any atom is -0.444 e. The van der Waals surface area contributed by atoms with Crippen LogP contribution in [0, 0.1) is 0 Å². The Morgan fingerprint density at radius 1 is 1.22 bits per heavy atom. The number of likely N-dealkylation sites (tertiary alicyclic amines) is 1. The first-order chi connectivity index (χ1) is 8.40. The van der Waals surface area contributed by atoms with Crippen LogP contribution in [0.5, 0.6) is 0 Å². The van der Waals surface area contributed by atoms with Crippen molar-refractivity contribution in [2.75, 3.05) is 32.7 Å². The molecule has 2 fully saturated rings. The van der Waals surface area contributed by atoms with E-state index in [0.29, 0.717) is 0 Å². The molecule has 1 spiro atoms. The number of hydrogen-bond donors (Lipinski definition) is 2. The highest BCUT2D eigenvalue weighted by Crippen LogP contribution is 2.24. The van der Waals surface area contributed by atoms with E-state index in [9.17, 15) is 4.79 Å². The van der Waals surface area contributed by atoms with Gasteiger partial charge in [0.25, 0.3) is 0 Å². The normalized spacial score (nSPS) is 24.1. The van der Waals surface area contributed by atoms with Crippen molar-refractivity contribution in [3.05, 3.63) is 0 Å². The SMILES string of the molecule is CC(C)(C)OC(=O)N1CCC2(CC1)CNCCN2. The molecule has 104 valence electrons. The van der Waals surface area contributed by atoms with Gasteiger partial charge in [0.1, 0.15) is 5.60 Å². The van der Waals surface area contributed by atoms with Crippen molar-refractivity contribution in [2.24, 2.45) is 0 Å². The smallest absolute Gasteiger partial charge is 0.410 e. The number of carbonyl (C=O) groups is 1. The van der Waals surface area contributed by atoms with E-state index >= 15 is 0 Å². The van der Waals surface area contributed by atoms with Crippen molar-refractivity contribution in [2.45, 2.75) is 44.8 Å². The number of piperidine rings is 1. The summed E-state index contributed by atoms with van der Waals surface area (Å²) in [5, 5.41) is 7.03. The molecule has 1 amide bonds. The van der Waals surface area contributed by atoms with Crippen LogP contribution in [0.25, 0.3) is 0 Å². The van der Waals surface area contributed by atoms with Gasteiger partial charge >= 0.3 is 6.09 Å². The Morgan fingerprint density at radius 2 is 1.89 bits per heavy atom. The Labute approximate surface area is 109 Å². The molecule has 0 atom stereocenters. The van der Waals surface area contributed by atoms with Crippen LogP contribution in [0.2, 0.25) is 0 Å². The molecule has 0 bridgehead atoms. The number of nitrogens with one attached hydrogen (secondary N) is 2. The van der Waals surface area contributed by atoms with Gasteiger partial charge in [-0.05, 0) is 33.6 Å². The molecule has 18 heavy (non-hydrogen) atoms. The quantitative estimate of drug-likeness (QED) is 0.676. The fourth-order valence-corrected chi connectivity index (χ4v) is 2.60. The number of hydrogen-bond acceptors (Lipinski definition) is 4. The molecule has 2 heterocycles. The zero-order valence-electron chi connectivity index (χ0n) is 11.7. The Morgan fingerprint density at radius 3 is 2.39 bits per heavy atom. The minimum atomic E-state index is -0.406. The van der Waals surface area contributed by atoms with E-state index in [1.54, 1.807) is 0 Å². The van der Waals surface area contributed by atoms with Crippen molar-refractivity contribution >= 4 is 6.09 Å². The molecule has 2 saturated heterocycles. The van der Waals surface area contributed by atoms with Gasteiger partial charge in [-0.25, -0.2) is 4.79 Å². The third-order valence-electron chi connectivity index (χ3n) is 3.64. The lowest BCUT2D eigenvalue weighted by Crippen LogP contribution is -2.63. The molecule has 0 unspecified atom stereocenters. The molecular formula is C13H25N3O2. The van der Waals surface area contributed by atoms with Gasteiger partial charge in [-0.2, -0.15) is 0 Å². The van der Waals surface area contributed by atoms with Gasteiger partial charge in [-0.1, -0.05) is 0 Å². The summed E-state index contributed by atoms with van der Waals surface area (Å²) in [6.45, 7) is 10.3. The molecule has 2 rings (SSSR count). The highest BCUT2D eigenvalue weighted by molar-refractivity contribution is 5.68. The molecule has 0 radical (unpaired) electrons. The van der Waals surface area contributed by atoms with Gasteiger partial charge in [0.2, 0.25) is 0 Å². The zero-order valence-corrected chi connectivity index (χ0v) is 11.7. The molecule has 2 aliphatic heterocycles. The Hall–Kier alpha value is -0.810. The molecular weight excluding hydrogens is 230 g/mol. The fourth-order valence-electron chi connectivity index (χ4n) is 2.60. The molecule has 0 aromatic heterocycles. The maximum absolute atomic E-state index is 12.0. The number of nitrogens with zero attached hydrogens (tertiary/aromatic N) is 1. The number of ether oxygens (including phenoxy) is 1. The Kier molecular flexibility index (Phi) is 3.82. The standard InChI is InChI=1S/C13H25N3O2/c1-12(2,3)18-11(17)16-8-4-13(5-9-16)10-14-6-7-15-13/h14-15H,4-10H2,1-3H3. The summed E-state index contributed by atoms with van der Waals surface area (Å²) in [5.74, 6) is 0. The fraction of sp³-hybridized carbons (Fsp3) is 0.923. The molecule has 2 aliphatic rings. The van der Waals surface area contributed by atoms with Gasteiger partial charge < -0.3 is 20.3 Å². The maximum Gasteiger partial charge on any atom is 0.410 e. The Bertz CT molecular complexity index is 296. The third kappa shape index (κ3) is 3.36. The van der Waals surface area contributed by atoms with E-state index in [2.05, 4.69) is 10.6 Å². The molecule has 5 heteroatoms. The van der Waals surface area contributed by atoms with Crippen molar-refractivity contribution in [3.8, 4) is 0 Å². The summed E-state index contributed by atoms with van der Waals surface area (Å²) in [6.07, 6.45) is 1.82. The predicted octanol–water partition coefficient (Wildman–Crippen LogP) is 0.949. The van der Waals surface area contributed by atoms with E-state index in [1.165, 1.54) is 0 Å². The summed E-state index contributed by atoms with van der Waals surface area (Å²) in [7, 11) is 0. The third-order valence-corrected chi connectivity index (χ3v) is 3.64. The molecule has 5 nitrogen and oxygen atoms in total. The average molecular weight is 255 g/mol. The summed E-state index contributed by atoms with van der Waals surface area (Å²) in [6, 6.07) is 0. The second kappa shape index (κ2) is 5.05. The lowest BCUT2D eigenvalue weighted by Gasteiger charge is -2.45. The first kappa shape index (κ1) is 13.6. The van der Waals surface area contributed by atoms with Gasteiger partial charge in [-0.15, -0.1) is 0 Å². The van der Waals surface area contributed by atoms with Gasteiger partial charge in [0.15, 0.2) is 0 Å². The van der Waals surface area contributed by atoms with Crippen molar-refractivity contribution < 1.29 is 9.53 Å². The van der Waals surface area contributed by atoms with Gasteiger partial charge in [-0.3, -0.25) is 0 Å². The van der Waals surface area contributed by atoms with Crippen LogP contribution in [0.15, 0.2) is 0 Å². The first-order valence-electron chi connectivity index (χ1n) is 6.84. The van der Waals surface area contributed by atoms with E-state index in [0.717, 1.165) is 45.6 Å². The number of amides is 1. The number of piperazine rings is 1. The molecule has 0 aliphatic carbocycles. The lowest BCUT2D eigenvalue weighted by atomic mass is 9.86. The molecule has 0 saturated carbocycles. The maximum atomic E-state index is 12.0. The zero-order chi connectivity index (χ0) is 13.2. The van der Waals surface area contributed by atoms with E-state index in [4.69, 9.17) is 4.74 Å². The van der Waals surface area contributed by atoms with Crippen LogP contribution in [-0.4, -0.2) is 54.9 Å². The lowest BCUT2D eigenvalue weighted by molar-refractivity contribution is 0.0138. The van der Waals surface area contributed by atoms with E-state index in [-0.39, 0.29) is 11.6 Å². The minimum absolute atomic E-state index is 0.180. The van der Waals surface area contributed by atoms with Crippen LogP contribution < -0.4 is 10.6 Å². The largest absolute Gasteiger partial charge is 0.444 e. The Balaban J connectivity index is 1.84. The number of rotatable bonds is 0. The van der Waals surface area contributed by atoms with Crippen molar-refractivity contribution in [1.82, 2.24) is 15.5 Å². The summed E-state index contributed by atoms with van der Waals surface area (Å²) >= 11 is 0. The van der Waals surface area contributed by atoms with Crippen LogP contribution in [0.1, 0.15) is 33.6 Å². The van der Waals surface area contributed by atoms with Gasteiger partial charge in [0.05, 0.1) is 0 Å². The summed E-state index contributed by atoms with van der Waals surface area (Å²) in [5.41, 5.74) is -0.215. The molecule has 2 N–H and O–H groups in total. The van der Waals surface area contributed by atoms with Crippen molar-refractivity contribution in [3.63, 3.8) is 0 Å². The van der Waals surface area contributed by atoms with Gasteiger partial charge in [0, 0.05) is 38.3 Å². The second-order valence-corrected chi connectivity index (χ2v) is 6.35. The summed E-state index contributed by atoms with van der Waals surface area (Å²) < 4.78 is 5.40. The monoisotopic (exact) mass is 255 g/mol. The molecule has 0 aromatic rings. The summed E-state index contributed by atoms with van der Waals surface area (Å²) in [4.78, 5) is 13.8. The topological polar surface area (TPSA) is 53.6 Å². The van der Waals surface area contributed by atoms with E-state index < -0.39 is 5.60 Å². The van der Waals surface area contributed by atoms with E-state index in [1.807, 2.05) is 25.7 Å². The van der Waals surface area contributed by atoms with Crippen LogP contribution in [0.4, 0.5) is 4.79 Å². The highest BCUT2D eigenvalue weighted by atomic mass is 16.6. The van der Waals surface area contributed by atoms with Crippen LogP contribution in [-0.2, 0) is 4.74 Å². The van der Waals surface area contributed by atoms with Crippen molar-refractivity contribution in [1.29, 1.82) is 0 Å². The van der Waals surface area contributed by atoms with Crippen LogP contribution >= 0.6 is 0 Å².